The number of hydrogen-bond donors (Lipinski definition) is 1. The predicted molar refractivity (Wildman–Crippen MR) is 129 cm³/mol. The summed E-state index contributed by atoms with van der Waals surface area (Å²) in [5.41, 5.74) is 1.69. The van der Waals surface area contributed by atoms with E-state index in [0.29, 0.717) is 47.0 Å². The second kappa shape index (κ2) is 10.2. The van der Waals surface area contributed by atoms with Gasteiger partial charge in [0.1, 0.15) is 0 Å². The number of amides is 3. The molecule has 32 heavy (non-hydrogen) atoms. The van der Waals surface area contributed by atoms with Crippen LogP contribution in [0.3, 0.4) is 0 Å². The van der Waals surface area contributed by atoms with Gasteiger partial charge in [-0.2, -0.15) is 0 Å². The van der Waals surface area contributed by atoms with Crippen molar-refractivity contribution in [3.63, 3.8) is 0 Å². The summed E-state index contributed by atoms with van der Waals surface area (Å²) in [5.74, 6) is 0.0426. The first-order chi connectivity index (χ1) is 15.4. The molecular weight excluding hydrogens is 471 g/mol. The number of carbonyl (C=O) groups excluding carboxylic acids is 2. The molecule has 0 spiro atoms. The van der Waals surface area contributed by atoms with Crippen LogP contribution in [0.5, 0.6) is 0 Å². The lowest BCUT2D eigenvalue weighted by molar-refractivity contribution is -0.130. The Bertz CT molecular complexity index is 971. The van der Waals surface area contributed by atoms with Gasteiger partial charge in [0.05, 0.1) is 22.2 Å². The van der Waals surface area contributed by atoms with Crippen LogP contribution in [0.25, 0.3) is 0 Å². The number of likely N-dealkylation sites (N-methyl/N-ethyl adjacent to an activating group) is 1. The minimum Gasteiger partial charge on any atom is -0.368 e. The molecule has 1 aromatic carbocycles. The van der Waals surface area contributed by atoms with Gasteiger partial charge >= 0.3 is 6.03 Å². The normalized spacial score (nSPS) is 17.5. The molecule has 0 unspecified atom stereocenters. The van der Waals surface area contributed by atoms with Gasteiger partial charge in [0.25, 0.3) is 0 Å². The number of benzene rings is 1. The van der Waals surface area contributed by atoms with Gasteiger partial charge in [0.2, 0.25) is 5.91 Å². The zero-order chi connectivity index (χ0) is 22.7. The molecule has 0 bridgehead atoms. The molecular formula is C21H26Cl2N6O2S. The Morgan fingerprint density at radius 1 is 1.00 bits per heavy atom. The van der Waals surface area contributed by atoms with Crippen molar-refractivity contribution in [2.45, 2.75) is 6.42 Å². The molecule has 1 N–H and O–H groups in total. The van der Waals surface area contributed by atoms with Crippen LogP contribution in [0.15, 0.2) is 23.6 Å². The number of anilines is 2. The van der Waals surface area contributed by atoms with Crippen LogP contribution >= 0.6 is 34.5 Å². The fraction of sp³-hybridized carbons (Fsp3) is 0.476. The molecule has 2 fully saturated rings. The van der Waals surface area contributed by atoms with Gasteiger partial charge in [-0.1, -0.05) is 23.2 Å². The Kier molecular flexibility index (Phi) is 7.40. The molecule has 2 aliphatic heterocycles. The van der Waals surface area contributed by atoms with Crippen LogP contribution in [0.1, 0.15) is 5.69 Å². The first kappa shape index (κ1) is 23.1. The molecule has 8 nitrogen and oxygen atoms in total. The molecule has 0 atom stereocenters. The minimum absolute atomic E-state index is 0.0426. The van der Waals surface area contributed by atoms with E-state index in [4.69, 9.17) is 23.2 Å². The highest BCUT2D eigenvalue weighted by Gasteiger charge is 2.23. The number of aromatic nitrogens is 1. The fourth-order valence-corrected chi connectivity index (χ4v) is 4.78. The molecule has 1 aromatic heterocycles. The summed E-state index contributed by atoms with van der Waals surface area (Å²) in [6, 6.07) is 5.45. The van der Waals surface area contributed by atoms with E-state index in [0.717, 1.165) is 31.9 Å². The topological polar surface area (TPSA) is 72.0 Å². The van der Waals surface area contributed by atoms with E-state index in [2.05, 4.69) is 20.1 Å². The zero-order valence-corrected chi connectivity index (χ0v) is 20.2. The van der Waals surface area contributed by atoms with Gasteiger partial charge in [-0.05, 0) is 25.2 Å². The van der Waals surface area contributed by atoms with Crippen LogP contribution in [0.4, 0.5) is 15.6 Å². The SMILES string of the molecule is CN1CCN(C(=O)Nc2nc(CC(=O)N3CCN(c4ccc(Cl)c(Cl)c4)CC3)cs2)CC1. The largest absolute Gasteiger partial charge is 0.368 e. The monoisotopic (exact) mass is 496 g/mol. The van der Waals surface area contributed by atoms with Crippen molar-refractivity contribution in [3.8, 4) is 0 Å². The number of nitrogens with zero attached hydrogens (tertiary/aromatic N) is 5. The molecule has 3 heterocycles. The summed E-state index contributed by atoms with van der Waals surface area (Å²) >= 11 is 13.5. The number of rotatable bonds is 4. The second-order valence-corrected chi connectivity index (χ2v) is 9.68. The maximum Gasteiger partial charge on any atom is 0.323 e. The van der Waals surface area contributed by atoms with Crippen molar-refractivity contribution in [1.82, 2.24) is 19.7 Å². The first-order valence-corrected chi connectivity index (χ1v) is 12.2. The van der Waals surface area contributed by atoms with Gasteiger partial charge in [-0.15, -0.1) is 11.3 Å². The van der Waals surface area contributed by atoms with Crippen LogP contribution < -0.4 is 10.2 Å². The van der Waals surface area contributed by atoms with Gasteiger partial charge in [-0.3, -0.25) is 10.1 Å². The Hall–Kier alpha value is -2.07. The molecule has 2 aromatic rings. The lowest BCUT2D eigenvalue weighted by atomic mass is 10.2. The highest BCUT2D eigenvalue weighted by Crippen LogP contribution is 2.28. The van der Waals surface area contributed by atoms with Crippen molar-refractivity contribution in [3.05, 3.63) is 39.3 Å². The number of carbonyl (C=O) groups is 2. The lowest BCUT2D eigenvalue weighted by Gasteiger charge is -2.36. The quantitative estimate of drug-likeness (QED) is 0.703. The summed E-state index contributed by atoms with van der Waals surface area (Å²) in [4.78, 5) is 37.6. The van der Waals surface area contributed by atoms with E-state index in [1.165, 1.54) is 11.3 Å². The van der Waals surface area contributed by atoms with Crippen molar-refractivity contribution in [1.29, 1.82) is 0 Å². The van der Waals surface area contributed by atoms with Crippen LogP contribution in [0.2, 0.25) is 10.0 Å². The van der Waals surface area contributed by atoms with Crippen molar-refractivity contribution in [2.75, 3.05) is 69.6 Å². The maximum atomic E-state index is 12.8. The molecule has 0 radical (unpaired) electrons. The second-order valence-electron chi connectivity index (χ2n) is 8.01. The van der Waals surface area contributed by atoms with Crippen LogP contribution in [-0.4, -0.2) is 91.0 Å². The third kappa shape index (κ3) is 5.64. The molecule has 4 rings (SSSR count). The van der Waals surface area contributed by atoms with Gasteiger partial charge in [-0.25, -0.2) is 9.78 Å². The Morgan fingerprint density at radius 3 is 2.38 bits per heavy atom. The third-order valence-corrected chi connectivity index (χ3v) is 7.33. The first-order valence-electron chi connectivity index (χ1n) is 10.6. The van der Waals surface area contributed by atoms with E-state index >= 15 is 0 Å². The summed E-state index contributed by atoms with van der Waals surface area (Å²) in [5, 5.41) is 6.29. The van der Waals surface area contributed by atoms with Gasteiger partial charge < -0.3 is 19.6 Å². The summed E-state index contributed by atoms with van der Waals surface area (Å²) < 4.78 is 0. The van der Waals surface area contributed by atoms with Gasteiger partial charge in [0, 0.05) is 63.4 Å². The molecule has 0 saturated carbocycles. The van der Waals surface area contributed by atoms with Crippen molar-refractivity contribution in [2.24, 2.45) is 0 Å². The van der Waals surface area contributed by atoms with Crippen LogP contribution in [-0.2, 0) is 11.2 Å². The van der Waals surface area contributed by atoms with Crippen molar-refractivity contribution < 1.29 is 9.59 Å². The molecule has 0 aliphatic carbocycles. The summed E-state index contributed by atoms with van der Waals surface area (Å²) in [7, 11) is 2.05. The number of halogens is 2. The Labute approximate surface area is 201 Å². The summed E-state index contributed by atoms with van der Waals surface area (Å²) in [6.07, 6.45) is 0.230. The summed E-state index contributed by atoms with van der Waals surface area (Å²) in [6.45, 7) is 5.86. The molecule has 172 valence electrons. The molecule has 3 amide bonds. The number of thiazole rings is 1. The zero-order valence-electron chi connectivity index (χ0n) is 17.9. The van der Waals surface area contributed by atoms with E-state index in [9.17, 15) is 9.59 Å². The molecule has 2 aliphatic rings. The maximum absolute atomic E-state index is 12.8. The van der Waals surface area contributed by atoms with Gasteiger partial charge in [0.15, 0.2) is 5.13 Å². The van der Waals surface area contributed by atoms with E-state index in [-0.39, 0.29) is 18.4 Å². The van der Waals surface area contributed by atoms with E-state index in [1.807, 2.05) is 29.5 Å². The fourth-order valence-electron chi connectivity index (χ4n) is 3.79. The Morgan fingerprint density at radius 2 is 1.69 bits per heavy atom. The standard InChI is InChI=1S/C21H26Cl2N6O2S/c1-26-4-6-29(7-5-26)21(31)25-20-24-15(14-32-20)12-19(30)28-10-8-27(9-11-28)16-2-3-17(22)18(23)13-16/h2-3,13-14H,4-12H2,1H3,(H,24,25,31). The Balaban J connectivity index is 1.25. The average Bonchev–Trinajstić information content (AvgIpc) is 3.22. The predicted octanol–water partition coefficient (Wildman–Crippen LogP) is 3.12. The van der Waals surface area contributed by atoms with Crippen molar-refractivity contribution >= 4 is 57.3 Å². The number of urea groups is 1. The smallest absolute Gasteiger partial charge is 0.323 e. The highest BCUT2D eigenvalue weighted by atomic mass is 35.5. The number of piperazine rings is 2. The third-order valence-electron chi connectivity index (χ3n) is 5.79. The average molecular weight is 497 g/mol. The lowest BCUT2D eigenvalue weighted by Crippen LogP contribution is -2.49. The highest BCUT2D eigenvalue weighted by molar-refractivity contribution is 7.13. The molecule has 11 heteroatoms. The number of nitrogens with one attached hydrogen (secondary N) is 1. The van der Waals surface area contributed by atoms with E-state index < -0.39 is 0 Å². The minimum atomic E-state index is -0.135. The molecule has 2 saturated heterocycles. The number of hydrogen-bond acceptors (Lipinski definition) is 6. The van der Waals surface area contributed by atoms with Crippen LogP contribution in [0, 0.1) is 0 Å². The van der Waals surface area contributed by atoms with E-state index in [1.54, 1.807) is 11.0 Å².